The second-order valence-electron chi connectivity index (χ2n) is 5.92. The highest BCUT2D eigenvalue weighted by molar-refractivity contribution is 4.91. The lowest BCUT2D eigenvalue weighted by Gasteiger charge is -2.32. The minimum Gasteiger partial charge on any atom is -0.317 e. The molecule has 1 N–H and O–H groups in total. The molecular formula is C12H24N2. The molecule has 0 aliphatic carbocycles. The maximum absolute atomic E-state index is 3.51. The minimum atomic E-state index is 0.375. The fourth-order valence-electron chi connectivity index (χ4n) is 2.84. The monoisotopic (exact) mass is 196 g/mol. The van der Waals surface area contributed by atoms with Gasteiger partial charge >= 0.3 is 0 Å². The van der Waals surface area contributed by atoms with Gasteiger partial charge in [0, 0.05) is 18.6 Å². The molecule has 2 fully saturated rings. The average molecular weight is 196 g/mol. The van der Waals surface area contributed by atoms with Crippen LogP contribution in [0, 0.1) is 11.8 Å². The number of hydrogen-bond donors (Lipinski definition) is 1. The number of nitrogens with one attached hydrogen (secondary N) is 1. The van der Waals surface area contributed by atoms with E-state index in [9.17, 15) is 0 Å². The smallest absolute Gasteiger partial charge is 0.0125 e. The maximum atomic E-state index is 3.51. The summed E-state index contributed by atoms with van der Waals surface area (Å²) in [6, 6.07) is 0. The number of fused-ring (bicyclic) bond motifs is 1. The van der Waals surface area contributed by atoms with Crippen molar-refractivity contribution < 1.29 is 0 Å². The van der Waals surface area contributed by atoms with E-state index in [1.165, 1.54) is 39.0 Å². The molecule has 0 aromatic heterocycles. The predicted octanol–water partition coefficient (Wildman–Crippen LogP) is 1.72. The molecular weight excluding hydrogens is 172 g/mol. The van der Waals surface area contributed by atoms with Crippen LogP contribution in [0.2, 0.25) is 0 Å². The first-order chi connectivity index (χ1) is 6.57. The fourth-order valence-corrected chi connectivity index (χ4v) is 2.84. The second kappa shape index (κ2) is 3.82. The van der Waals surface area contributed by atoms with Crippen LogP contribution in [0.5, 0.6) is 0 Å². The molecule has 0 spiro atoms. The van der Waals surface area contributed by atoms with Gasteiger partial charge in [0.1, 0.15) is 0 Å². The number of likely N-dealkylation sites (tertiary alicyclic amines) is 1. The van der Waals surface area contributed by atoms with Gasteiger partial charge in [-0.05, 0) is 58.5 Å². The number of rotatable bonds is 0. The van der Waals surface area contributed by atoms with Crippen molar-refractivity contribution in [3.05, 3.63) is 0 Å². The summed E-state index contributed by atoms with van der Waals surface area (Å²) in [6.07, 6.45) is 2.77. The molecule has 2 rings (SSSR count). The van der Waals surface area contributed by atoms with E-state index in [0.29, 0.717) is 5.54 Å². The summed E-state index contributed by atoms with van der Waals surface area (Å²) in [5.74, 6) is 1.92. The topological polar surface area (TPSA) is 15.3 Å². The molecule has 0 aromatic carbocycles. The lowest BCUT2D eigenvalue weighted by Crippen LogP contribution is -2.40. The van der Waals surface area contributed by atoms with Crippen LogP contribution in [-0.4, -0.2) is 36.6 Å². The number of hydrogen-bond acceptors (Lipinski definition) is 2. The summed E-state index contributed by atoms with van der Waals surface area (Å²) in [4.78, 5) is 2.67. The van der Waals surface area contributed by atoms with E-state index >= 15 is 0 Å². The molecule has 2 aliphatic heterocycles. The van der Waals surface area contributed by atoms with Crippen molar-refractivity contribution in [1.29, 1.82) is 0 Å². The highest BCUT2D eigenvalue weighted by Crippen LogP contribution is 2.33. The Morgan fingerprint density at radius 3 is 1.93 bits per heavy atom. The van der Waals surface area contributed by atoms with Crippen LogP contribution in [0.3, 0.4) is 0 Å². The third kappa shape index (κ3) is 2.12. The normalized spacial score (nSPS) is 35.4. The summed E-state index contributed by atoms with van der Waals surface area (Å²) >= 11 is 0. The van der Waals surface area contributed by atoms with Gasteiger partial charge in [-0.1, -0.05) is 0 Å². The van der Waals surface area contributed by atoms with Crippen molar-refractivity contribution in [3.63, 3.8) is 0 Å². The molecule has 2 nitrogen and oxygen atoms in total. The van der Waals surface area contributed by atoms with Gasteiger partial charge in [-0.25, -0.2) is 0 Å². The highest BCUT2D eigenvalue weighted by Gasteiger charge is 2.37. The van der Waals surface area contributed by atoms with Gasteiger partial charge in [-0.3, -0.25) is 4.90 Å². The zero-order chi connectivity index (χ0) is 10.2. The van der Waals surface area contributed by atoms with Crippen LogP contribution < -0.4 is 5.32 Å². The van der Waals surface area contributed by atoms with Crippen LogP contribution in [0.25, 0.3) is 0 Å². The molecule has 0 saturated carbocycles. The molecule has 0 radical (unpaired) electrons. The lowest BCUT2D eigenvalue weighted by atomic mass is 9.92. The SMILES string of the molecule is CC(C)(C)N1CC2CCNCCC2C1. The van der Waals surface area contributed by atoms with E-state index in [1.54, 1.807) is 0 Å². The van der Waals surface area contributed by atoms with Gasteiger partial charge in [0.15, 0.2) is 0 Å². The summed E-state index contributed by atoms with van der Waals surface area (Å²) in [7, 11) is 0. The largest absolute Gasteiger partial charge is 0.317 e. The van der Waals surface area contributed by atoms with Gasteiger partial charge < -0.3 is 5.32 Å². The summed E-state index contributed by atoms with van der Waals surface area (Å²) in [6.45, 7) is 12.2. The van der Waals surface area contributed by atoms with E-state index in [-0.39, 0.29) is 0 Å². The summed E-state index contributed by atoms with van der Waals surface area (Å²) < 4.78 is 0. The quantitative estimate of drug-likeness (QED) is 0.634. The Bertz CT molecular complexity index is 181. The average Bonchev–Trinajstić information content (AvgIpc) is 2.38. The molecule has 2 heterocycles. The Morgan fingerprint density at radius 2 is 1.50 bits per heavy atom. The zero-order valence-electron chi connectivity index (χ0n) is 9.84. The fraction of sp³-hybridized carbons (Fsp3) is 1.00. The molecule has 2 unspecified atom stereocenters. The maximum Gasteiger partial charge on any atom is 0.0125 e. The Labute approximate surface area is 88.1 Å². The van der Waals surface area contributed by atoms with Crippen LogP contribution in [-0.2, 0) is 0 Å². The van der Waals surface area contributed by atoms with Crippen molar-refractivity contribution in [2.75, 3.05) is 26.2 Å². The Hall–Kier alpha value is -0.0800. The lowest BCUT2D eigenvalue weighted by molar-refractivity contribution is 0.163. The highest BCUT2D eigenvalue weighted by atomic mass is 15.2. The third-order valence-corrected chi connectivity index (χ3v) is 3.91. The molecule has 14 heavy (non-hydrogen) atoms. The first-order valence-electron chi connectivity index (χ1n) is 6.03. The van der Waals surface area contributed by atoms with Gasteiger partial charge in [-0.15, -0.1) is 0 Å². The Morgan fingerprint density at radius 1 is 1.00 bits per heavy atom. The molecule has 2 saturated heterocycles. The van der Waals surface area contributed by atoms with Gasteiger partial charge in [-0.2, -0.15) is 0 Å². The van der Waals surface area contributed by atoms with Crippen molar-refractivity contribution >= 4 is 0 Å². The van der Waals surface area contributed by atoms with E-state index < -0.39 is 0 Å². The van der Waals surface area contributed by atoms with Crippen LogP contribution in [0.4, 0.5) is 0 Å². The summed E-state index contributed by atoms with van der Waals surface area (Å²) in [5, 5.41) is 3.51. The predicted molar refractivity (Wildman–Crippen MR) is 60.4 cm³/mol. The summed E-state index contributed by atoms with van der Waals surface area (Å²) in [5.41, 5.74) is 0.375. The van der Waals surface area contributed by atoms with E-state index in [1.807, 2.05) is 0 Å². The molecule has 2 atom stereocenters. The Balaban J connectivity index is 1.98. The second-order valence-corrected chi connectivity index (χ2v) is 5.92. The van der Waals surface area contributed by atoms with Crippen LogP contribution in [0.15, 0.2) is 0 Å². The first kappa shape index (κ1) is 10.4. The van der Waals surface area contributed by atoms with Crippen molar-refractivity contribution in [2.24, 2.45) is 11.8 Å². The van der Waals surface area contributed by atoms with E-state index in [0.717, 1.165) is 11.8 Å². The molecule has 0 bridgehead atoms. The van der Waals surface area contributed by atoms with Crippen molar-refractivity contribution in [1.82, 2.24) is 10.2 Å². The van der Waals surface area contributed by atoms with E-state index in [2.05, 4.69) is 31.0 Å². The van der Waals surface area contributed by atoms with Crippen LogP contribution in [0.1, 0.15) is 33.6 Å². The molecule has 0 aromatic rings. The standard InChI is InChI=1S/C12H24N2/c1-12(2,3)14-8-10-4-6-13-7-5-11(10)9-14/h10-11,13H,4-9H2,1-3H3. The zero-order valence-corrected chi connectivity index (χ0v) is 9.84. The van der Waals surface area contributed by atoms with Crippen molar-refractivity contribution in [2.45, 2.75) is 39.2 Å². The Kier molecular flexibility index (Phi) is 2.85. The molecule has 2 heteroatoms. The molecule has 82 valence electrons. The molecule has 2 aliphatic rings. The minimum absolute atomic E-state index is 0.375. The van der Waals surface area contributed by atoms with Crippen molar-refractivity contribution in [3.8, 4) is 0 Å². The van der Waals surface area contributed by atoms with Crippen LogP contribution >= 0.6 is 0 Å². The van der Waals surface area contributed by atoms with Gasteiger partial charge in [0.05, 0.1) is 0 Å². The molecule has 0 amide bonds. The third-order valence-electron chi connectivity index (χ3n) is 3.91. The van der Waals surface area contributed by atoms with Gasteiger partial charge in [0.2, 0.25) is 0 Å². The number of nitrogens with zero attached hydrogens (tertiary/aromatic N) is 1. The van der Waals surface area contributed by atoms with E-state index in [4.69, 9.17) is 0 Å². The van der Waals surface area contributed by atoms with Gasteiger partial charge in [0.25, 0.3) is 0 Å². The first-order valence-corrected chi connectivity index (χ1v) is 6.03.